The normalized spacial score (nSPS) is 15.8. The van der Waals surface area contributed by atoms with Crippen LogP contribution >= 0.6 is 0 Å². The van der Waals surface area contributed by atoms with E-state index in [-0.39, 0.29) is 10.8 Å². The van der Waals surface area contributed by atoms with Crippen LogP contribution in [0.3, 0.4) is 0 Å². The average Bonchev–Trinajstić information content (AvgIpc) is 3.24. The van der Waals surface area contributed by atoms with Crippen molar-refractivity contribution in [3.63, 3.8) is 0 Å². The molecule has 1 fully saturated rings. The van der Waals surface area contributed by atoms with Crippen molar-refractivity contribution in [3.8, 4) is 0 Å². The smallest absolute Gasteiger partial charge is 0.267 e. The molecule has 0 aliphatic carbocycles. The molecule has 0 unspecified atom stereocenters. The van der Waals surface area contributed by atoms with Crippen molar-refractivity contribution in [1.29, 1.82) is 0 Å². The van der Waals surface area contributed by atoms with E-state index in [1.165, 1.54) is 28.6 Å². The quantitative estimate of drug-likeness (QED) is 0.503. The van der Waals surface area contributed by atoms with Gasteiger partial charge in [-0.2, -0.15) is 4.31 Å². The lowest BCUT2D eigenvalue weighted by Crippen LogP contribution is -2.38. The Morgan fingerprint density at radius 1 is 1.19 bits per heavy atom. The number of carbonyl (C=O) groups excluding carboxylic acids is 1. The molecule has 1 aliphatic heterocycles. The van der Waals surface area contributed by atoms with Crippen LogP contribution in [0, 0.1) is 11.7 Å². The number of rotatable bonds is 8. The SMILES string of the molecule is O=C(NCCCCC1CCN(S(=O)(=O)c2ccccc2F)CC1)c1cc2cnccc2[nH]1. The number of carbonyl (C=O) groups is 1. The number of unbranched alkanes of at least 4 members (excludes halogenated alkanes) is 1. The van der Waals surface area contributed by atoms with E-state index in [2.05, 4.69) is 15.3 Å². The van der Waals surface area contributed by atoms with Crippen LogP contribution in [0.25, 0.3) is 10.9 Å². The van der Waals surface area contributed by atoms with Gasteiger partial charge in [0.2, 0.25) is 10.0 Å². The van der Waals surface area contributed by atoms with Crippen LogP contribution in [-0.2, 0) is 10.0 Å². The third kappa shape index (κ3) is 4.99. The van der Waals surface area contributed by atoms with Crippen molar-refractivity contribution in [2.45, 2.75) is 37.0 Å². The van der Waals surface area contributed by atoms with Gasteiger partial charge in [-0.1, -0.05) is 25.0 Å². The maximum absolute atomic E-state index is 13.9. The maximum Gasteiger partial charge on any atom is 0.267 e. The molecule has 1 saturated heterocycles. The Morgan fingerprint density at radius 2 is 1.97 bits per heavy atom. The molecule has 170 valence electrons. The molecule has 4 rings (SSSR count). The predicted molar refractivity (Wildman–Crippen MR) is 120 cm³/mol. The minimum atomic E-state index is -3.79. The van der Waals surface area contributed by atoms with Crippen LogP contribution in [0.2, 0.25) is 0 Å². The summed E-state index contributed by atoms with van der Waals surface area (Å²) in [5.41, 5.74) is 1.41. The van der Waals surface area contributed by atoms with E-state index in [9.17, 15) is 17.6 Å². The zero-order valence-corrected chi connectivity index (χ0v) is 18.6. The first-order valence-electron chi connectivity index (χ1n) is 10.9. The molecular weight excluding hydrogens is 431 g/mol. The van der Waals surface area contributed by atoms with E-state index in [0.29, 0.717) is 31.2 Å². The fourth-order valence-corrected chi connectivity index (χ4v) is 5.72. The van der Waals surface area contributed by atoms with Gasteiger partial charge in [-0.15, -0.1) is 0 Å². The van der Waals surface area contributed by atoms with Gasteiger partial charge in [-0.3, -0.25) is 9.78 Å². The molecule has 1 aliphatic rings. The number of hydrogen-bond acceptors (Lipinski definition) is 4. The number of H-pyrrole nitrogens is 1. The molecule has 2 N–H and O–H groups in total. The summed E-state index contributed by atoms with van der Waals surface area (Å²) in [5.74, 6) is -0.396. The van der Waals surface area contributed by atoms with E-state index in [1.807, 2.05) is 6.07 Å². The number of aromatic amines is 1. The van der Waals surface area contributed by atoms with E-state index in [0.717, 1.165) is 43.0 Å². The largest absolute Gasteiger partial charge is 0.351 e. The summed E-state index contributed by atoms with van der Waals surface area (Å²) in [4.78, 5) is 19.2. The lowest BCUT2D eigenvalue weighted by molar-refractivity contribution is 0.0948. The Bertz CT molecular complexity index is 1150. The fraction of sp³-hybridized carbons (Fsp3) is 0.391. The van der Waals surface area contributed by atoms with Crippen molar-refractivity contribution in [2.24, 2.45) is 5.92 Å². The summed E-state index contributed by atoms with van der Waals surface area (Å²) in [5, 5.41) is 3.84. The van der Waals surface area contributed by atoms with Gasteiger partial charge in [0, 0.05) is 42.9 Å². The topological polar surface area (TPSA) is 95.2 Å². The highest BCUT2D eigenvalue weighted by molar-refractivity contribution is 7.89. The molecule has 0 bridgehead atoms. The monoisotopic (exact) mass is 458 g/mol. The van der Waals surface area contributed by atoms with Gasteiger partial charge in [0.05, 0.1) is 0 Å². The molecule has 2 aromatic heterocycles. The molecule has 9 heteroatoms. The number of fused-ring (bicyclic) bond motifs is 1. The fourth-order valence-electron chi connectivity index (χ4n) is 4.18. The lowest BCUT2D eigenvalue weighted by Gasteiger charge is -2.31. The Morgan fingerprint density at radius 3 is 2.72 bits per heavy atom. The molecule has 1 amide bonds. The summed E-state index contributed by atoms with van der Waals surface area (Å²) in [6.07, 6.45) is 7.74. The maximum atomic E-state index is 13.9. The van der Waals surface area contributed by atoms with Crippen LogP contribution in [-0.4, -0.2) is 48.2 Å². The van der Waals surface area contributed by atoms with Crippen molar-refractivity contribution in [2.75, 3.05) is 19.6 Å². The van der Waals surface area contributed by atoms with Gasteiger partial charge >= 0.3 is 0 Å². The number of pyridine rings is 1. The van der Waals surface area contributed by atoms with E-state index in [4.69, 9.17) is 0 Å². The summed E-state index contributed by atoms with van der Waals surface area (Å²) in [6, 6.07) is 9.14. The lowest BCUT2D eigenvalue weighted by atomic mass is 9.92. The van der Waals surface area contributed by atoms with E-state index >= 15 is 0 Å². The highest BCUT2D eigenvalue weighted by Gasteiger charge is 2.30. The minimum Gasteiger partial charge on any atom is -0.351 e. The Hall–Kier alpha value is -2.78. The zero-order chi connectivity index (χ0) is 22.6. The van der Waals surface area contributed by atoms with Crippen LogP contribution in [0.5, 0.6) is 0 Å². The first-order valence-corrected chi connectivity index (χ1v) is 12.3. The van der Waals surface area contributed by atoms with Crippen LogP contribution in [0.4, 0.5) is 4.39 Å². The number of sulfonamides is 1. The summed E-state index contributed by atoms with van der Waals surface area (Å²) in [6.45, 7) is 1.41. The first-order chi connectivity index (χ1) is 15.4. The third-order valence-electron chi connectivity index (χ3n) is 6.02. The first kappa shape index (κ1) is 22.4. The zero-order valence-electron chi connectivity index (χ0n) is 17.8. The summed E-state index contributed by atoms with van der Waals surface area (Å²) < 4.78 is 40.7. The van der Waals surface area contributed by atoms with Gasteiger partial charge in [0.1, 0.15) is 16.4 Å². The molecule has 0 atom stereocenters. The van der Waals surface area contributed by atoms with Crippen molar-refractivity contribution >= 4 is 26.8 Å². The average molecular weight is 459 g/mol. The second-order valence-corrected chi connectivity index (χ2v) is 10.1. The number of hydrogen-bond donors (Lipinski definition) is 2. The van der Waals surface area contributed by atoms with Crippen molar-refractivity contribution < 1.29 is 17.6 Å². The number of amides is 1. The number of nitrogens with zero attached hydrogens (tertiary/aromatic N) is 2. The molecule has 7 nitrogen and oxygen atoms in total. The Balaban J connectivity index is 1.17. The second kappa shape index (κ2) is 9.79. The minimum absolute atomic E-state index is 0.132. The molecule has 3 heterocycles. The molecule has 0 saturated carbocycles. The van der Waals surface area contributed by atoms with Gasteiger partial charge in [-0.05, 0) is 49.4 Å². The van der Waals surface area contributed by atoms with Gasteiger partial charge < -0.3 is 10.3 Å². The number of piperidine rings is 1. The second-order valence-electron chi connectivity index (χ2n) is 8.18. The highest BCUT2D eigenvalue weighted by Crippen LogP contribution is 2.27. The third-order valence-corrected chi connectivity index (χ3v) is 7.95. The molecule has 1 aromatic carbocycles. The molecular formula is C23H27FN4O3S. The molecule has 0 radical (unpaired) electrons. The Kier molecular flexibility index (Phi) is 6.86. The summed E-state index contributed by atoms with van der Waals surface area (Å²) >= 11 is 0. The van der Waals surface area contributed by atoms with Gasteiger partial charge in [0.15, 0.2) is 0 Å². The number of halogens is 1. The van der Waals surface area contributed by atoms with Crippen LogP contribution in [0.15, 0.2) is 53.7 Å². The van der Waals surface area contributed by atoms with E-state index in [1.54, 1.807) is 18.5 Å². The molecule has 32 heavy (non-hydrogen) atoms. The predicted octanol–water partition coefficient (Wildman–Crippen LogP) is 3.70. The highest BCUT2D eigenvalue weighted by atomic mass is 32.2. The van der Waals surface area contributed by atoms with Crippen molar-refractivity contribution in [1.82, 2.24) is 19.6 Å². The number of benzene rings is 1. The van der Waals surface area contributed by atoms with Gasteiger partial charge in [0.25, 0.3) is 5.91 Å². The number of nitrogens with one attached hydrogen (secondary N) is 2. The van der Waals surface area contributed by atoms with E-state index < -0.39 is 15.8 Å². The Labute approximate surface area is 187 Å². The van der Waals surface area contributed by atoms with Gasteiger partial charge in [-0.25, -0.2) is 12.8 Å². The number of aromatic nitrogens is 2. The van der Waals surface area contributed by atoms with Crippen LogP contribution < -0.4 is 5.32 Å². The van der Waals surface area contributed by atoms with Crippen molar-refractivity contribution in [3.05, 3.63) is 60.3 Å². The van der Waals surface area contributed by atoms with Crippen LogP contribution in [0.1, 0.15) is 42.6 Å². The standard InChI is InChI=1S/C23H27FN4O3S/c24-19-6-1-2-7-22(19)32(30,31)28-13-9-17(10-14-28)5-3-4-11-26-23(29)21-15-18-16-25-12-8-20(18)27-21/h1-2,6-8,12,15-17,27H,3-5,9-11,13-14H2,(H,26,29). The molecule has 0 spiro atoms. The summed E-state index contributed by atoms with van der Waals surface area (Å²) in [7, 11) is -3.79. The molecule has 3 aromatic rings.